The molecule has 20 heavy (non-hydrogen) atoms. The molecular formula is C17H27NO2. The van der Waals surface area contributed by atoms with Crippen molar-refractivity contribution in [3.8, 4) is 5.75 Å². The van der Waals surface area contributed by atoms with Gasteiger partial charge >= 0.3 is 0 Å². The topological polar surface area (TPSA) is 41.5 Å². The van der Waals surface area contributed by atoms with Gasteiger partial charge in [-0.2, -0.15) is 0 Å². The van der Waals surface area contributed by atoms with Crippen molar-refractivity contribution in [2.45, 2.75) is 45.1 Å². The van der Waals surface area contributed by atoms with E-state index in [1.807, 2.05) is 31.2 Å². The highest BCUT2D eigenvalue weighted by Crippen LogP contribution is 2.22. The fourth-order valence-electron chi connectivity index (χ4n) is 2.73. The molecule has 1 atom stereocenters. The Hall–Kier alpha value is -1.06. The van der Waals surface area contributed by atoms with E-state index in [0.717, 1.165) is 18.2 Å². The lowest BCUT2D eigenvalue weighted by atomic mass is 9.89. The molecule has 1 unspecified atom stereocenters. The molecule has 0 aliphatic heterocycles. The van der Waals surface area contributed by atoms with Crippen LogP contribution < -0.4 is 10.1 Å². The van der Waals surface area contributed by atoms with Gasteiger partial charge < -0.3 is 15.2 Å². The van der Waals surface area contributed by atoms with E-state index in [-0.39, 0.29) is 0 Å². The number of aliphatic hydroxyl groups excluding tert-OH is 1. The molecule has 1 aliphatic carbocycles. The van der Waals surface area contributed by atoms with Gasteiger partial charge in [0.05, 0.1) is 0 Å². The molecule has 0 saturated heterocycles. The fraction of sp³-hybridized carbons (Fsp3) is 0.647. The summed E-state index contributed by atoms with van der Waals surface area (Å²) in [5, 5.41) is 13.3. The Bertz CT molecular complexity index is 371. The van der Waals surface area contributed by atoms with Crippen molar-refractivity contribution in [2.24, 2.45) is 5.92 Å². The van der Waals surface area contributed by atoms with Crippen LogP contribution in [0.15, 0.2) is 24.3 Å². The van der Waals surface area contributed by atoms with Crippen LogP contribution in [0.4, 0.5) is 0 Å². The largest absolute Gasteiger partial charge is 0.491 e. The smallest absolute Gasteiger partial charge is 0.119 e. The molecule has 1 aromatic rings. The lowest BCUT2D eigenvalue weighted by molar-refractivity contribution is 0.105. The van der Waals surface area contributed by atoms with Gasteiger partial charge in [-0.3, -0.25) is 0 Å². The minimum Gasteiger partial charge on any atom is -0.491 e. The first-order valence-corrected chi connectivity index (χ1v) is 7.82. The Morgan fingerprint density at radius 1 is 1.20 bits per heavy atom. The number of rotatable bonds is 7. The van der Waals surface area contributed by atoms with Gasteiger partial charge in [-0.25, -0.2) is 0 Å². The van der Waals surface area contributed by atoms with Gasteiger partial charge in [0.25, 0.3) is 0 Å². The zero-order valence-corrected chi connectivity index (χ0v) is 12.5. The second kappa shape index (κ2) is 8.28. The van der Waals surface area contributed by atoms with Crippen molar-refractivity contribution >= 4 is 0 Å². The zero-order valence-electron chi connectivity index (χ0n) is 12.5. The molecule has 0 aromatic heterocycles. The molecule has 0 spiro atoms. The van der Waals surface area contributed by atoms with E-state index in [4.69, 9.17) is 4.74 Å². The summed E-state index contributed by atoms with van der Waals surface area (Å²) in [6.07, 6.45) is 6.35. The van der Waals surface area contributed by atoms with Crippen molar-refractivity contribution in [1.29, 1.82) is 0 Å². The van der Waals surface area contributed by atoms with Gasteiger partial charge in [-0.1, -0.05) is 37.0 Å². The van der Waals surface area contributed by atoms with Crippen molar-refractivity contribution in [1.82, 2.24) is 5.32 Å². The SMILES string of the molecule is Cc1ccc(OCC(O)CNCC2CCCCC2)cc1. The maximum Gasteiger partial charge on any atom is 0.119 e. The number of hydrogen-bond acceptors (Lipinski definition) is 3. The van der Waals surface area contributed by atoms with Crippen LogP contribution in [-0.2, 0) is 0 Å². The van der Waals surface area contributed by atoms with Crippen LogP contribution >= 0.6 is 0 Å². The third-order valence-corrected chi connectivity index (χ3v) is 4.00. The van der Waals surface area contributed by atoms with Crippen molar-refractivity contribution < 1.29 is 9.84 Å². The van der Waals surface area contributed by atoms with Crippen molar-refractivity contribution in [3.63, 3.8) is 0 Å². The number of hydrogen-bond donors (Lipinski definition) is 2. The van der Waals surface area contributed by atoms with E-state index in [2.05, 4.69) is 5.32 Å². The summed E-state index contributed by atoms with van der Waals surface area (Å²) in [7, 11) is 0. The molecule has 1 aliphatic rings. The Labute approximate surface area is 122 Å². The highest BCUT2D eigenvalue weighted by Gasteiger charge is 2.13. The standard InChI is InChI=1S/C17H27NO2/c1-14-7-9-17(10-8-14)20-13-16(19)12-18-11-15-5-3-2-4-6-15/h7-10,15-16,18-19H,2-6,11-13H2,1H3. The van der Waals surface area contributed by atoms with Crippen LogP contribution in [0.25, 0.3) is 0 Å². The Kier molecular flexibility index (Phi) is 6.34. The molecule has 112 valence electrons. The monoisotopic (exact) mass is 277 g/mol. The molecule has 3 nitrogen and oxygen atoms in total. The normalized spacial score (nSPS) is 17.9. The van der Waals surface area contributed by atoms with E-state index in [0.29, 0.717) is 13.2 Å². The van der Waals surface area contributed by atoms with E-state index in [1.54, 1.807) is 0 Å². The second-order valence-electron chi connectivity index (χ2n) is 5.94. The summed E-state index contributed by atoms with van der Waals surface area (Å²) in [6, 6.07) is 7.92. The average molecular weight is 277 g/mol. The van der Waals surface area contributed by atoms with Crippen LogP contribution in [0.2, 0.25) is 0 Å². The van der Waals surface area contributed by atoms with E-state index < -0.39 is 6.10 Å². The van der Waals surface area contributed by atoms with Crippen LogP contribution in [0.3, 0.4) is 0 Å². The van der Waals surface area contributed by atoms with Gasteiger partial charge in [0, 0.05) is 6.54 Å². The Balaban J connectivity index is 1.57. The highest BCUT2D eigenvalue weighted by atomic mass is 16.5. The van der Waals surface area contributed by atoms with Crippen LogP contribution in [0, 0.1) is 12.8 Å². The molecule has 0 heterocycles. The molecule has 0 amide bonds. The van der Waals surface area contributed by atoms with Crippen LogP contribution in [0.5, 0.6) is 5.75 Å². The third-order valence-electron chi connectivity index (χ3n) is 4.00. The third kappa shape index (κ3) is 5.51. The number of aryl methyl sites for hydroxylation is 1. The first kappa shape index (κ1) is 15.3. The minimum atomic E-state index is -0.445. The first-order valence-electron chi connectivity index (χ1n) is 7.82. The second-order valence-corrected chi connectivity index (χ2v) is 5.94. The molecular weight excluding hydrogens is 250 g/mol. The van der Waals surface area contributed by atoms with E-state index in [9.17, 15) is 5.11 Å². The first-order chi connectivity index (χ1) is 9.74. The summed E-state index contributed by atoms with van der Waals surface area (Å²) in [4.78, 5) is 0. The molecule has 2 N–H and O–H groups in total. The van der Waals surface area contributed by atoms with Crippen LogP contribution in [-0.4, -0.2) is 30.9 Å². The van der Waals surface area contributed by atoms with Gasteiger partial charge in [0.15, 0.2) is 0 Å². The van der Waals surface area contributed by atoms with E-state index >= 15 is 0 Å². The quantitative estimate of drug-likeness (QED) is 0.805. The maximum absolute atomic E-state index is 9.91. The number of nitrogens with one attached hydrogen (secondary N) is 1. The van der Waals surface area contributed by atoms with Gasteiger partial charge in [0.1, 0.15) is 18.5 Å². The molecule has 3 heteroatoms. The fourth-order valence-corrected chi connectivity index (χ4v) is 2.73. The highest BCUT2D eigenvalue weighted by molar-refractivity contribution is 5.26. The molecule has 0 bridgehead atoms. The zero-order chi connectivity index (χ0) is 14.2. The van der Waals surface area contributed by atoms with Crippen molar-refractivity contribution in [2.75, 3.05) is 19.7 Å². The minimum absolute atomic E-state index is 0.348. The molecule has 2 rings (SSSR count). The van der Waals surface area contributed by atoms with Crippen molar-refractivity contribution in [3.05, 3.63) is 29.8 Å². The molecule has 1 aromatic carbocycles. The summed E-state index contributed by atoms with van der Waals surface area (Å²) in [5.74, 6) is 1.62. The van der Waals surface area contributed by atoms with Gasteiger partial charge in [0.2, 0.25) is 0 Å². The number of aliphatic hydroxyl groups is 1. The average Bonchev–Trinajstić information content (AvgIpc) is 2.48. The lowest BCUT2D eigenvalue weighted by Gasteiger charge is -2.22. The number of ether oxygens (including phenoxy) is 1. The summed E-state index contributed by atoms with van der Waals surface area (Å²) in [6.45, 7) is 4.04. The molecule has 1 saturated carbocycles. The number of benzene rings is 1. The summed E-state index contributed by atoms with van der Waals surface area (Å²) >= 11 is 0. The maximum atomic E-state index is 9.91. The lowest BCUT2D eigenvalue weighted by Crippen LogP contribution is -2.34. The molecule has 1 fully saturated rings. The predicted molar refractivity (Wildman–Crippen MR) is 82.1 cm³/mol. The Morgan fingerprint density at radius 3 is 2.60 bits per heavy atom. The molecule has 0 radical (unpaired) electrons. The predicted octanol–water partition coefficient (Wildman–Crippen LogP) is 2.90. The van der Waals surface area contributed by atoms with Gasteiger partial charge in [-0.15, -0.1) is 0 Å². The van der Waals surface area contributed by atoms with E-state index in [1.165, 1.54) is 37.7 Å². The summed E-state index contributed by atoms with van der Waals surface area (Å²) < 4.78 is 5.58. The van der Waals surface area contributed by atoms with Crippen LogP contribution in [0.1, 0.15) is 37.7 Å². The Morgan fingerprint density at radius 2 is 1.90 bits per heavy atom. The summed E-state index contributed by atoms with van der Waals surface area (Å²) in [5.41, 5.74) is 1.21. The van der Waals surface area contributed by atoms with Gasteiger partial charge in [-0.05, 0) is 44.4 Å².